The Kier molecular flexibility index (Phi) is 5.92. The predicted molar refractivity (Wildman–Crippen MR) is 51.0 cm³/mol. The Labute approximate surface area is 87.8 Å². The Balaban J connectivity index is 4.43. The zero-order valence-corrected chi connectivity index (χ0v) is 8.74. The Hall–Kier alpha value is -0.530. The van der Waals surface area contributed by atoms with Crippen LogP contribution in [0.1, 0.15) is 13.8 Å². The van der Waals surface area contributed by atoms with Gasteiger partial charge in [-0.15, -0.1) is 0 Å². The molecular formula is C9H18O6. The minimum atomic E-state index is -1.90. The van der Waals surface area contributed by atoms with Crippen LogP contribution in [0, 0.1) is 5.92 Å². The molecule has 0 aliphatic heterocycles. The second-order valence-corrected chi connectivity index (χ2v) is 3.78. The van der Waals surface area contributed by atoms with Crippen molar-refractivity contribution in [2.24, 2.45) is 5.92 Å². The summed E-state index contributed by atoms with van der Waals surface area (Å²) >= 11 is 0. The van der Waals surface area contributed by atoms with Crippen molar-refractivity contribution in [1.29, 1.82) is 0 Å². The second-order valence-electron chi connectivity index (χ2n) is 3.78. The summed E-state index contributed by atoms with van der Waals surface area (Å²) in [7, 11) is 0. The number of Topliss-reactive ketones (excluding diaryl/α,β-unsaturated/α-hetero) is 1. The van der Waals surface area contributed by atoms with Gasteiger partial charge in [0.15, 0.2) is 5.78 Å². The highest BCUT2D eigenvalue weighted by Crippen LogP contribution is 2.09. The summed E-state index contributed by atoms with van der Waals surface area (Å²) in [5, 5.41) is 45.2. The molecule has 0 spiro atoms. The molecule has 0 bridgehead atoms. The Morgan fingerprint density at radius 2 is 1.53 bits per heavy atom. The van der Waals surface area contributed by atoms with Crippen LogP contribution < -0.4 is 0 Å². The van der Waals surface area contributed by atoms with Gasteiger partial charge < -0.3 is 25.5 Å². The third-order valence-electron chi connectivity index (χ3n) is 2.12. The molecule has 0 heterocycles. The first-order valence-corrected chi connectivity index (χ1v) is 4.69. The molecule has 0 fully saturated rings. The molecule has 90 valence electrons. The number of carbonyl (C=O) groups is 1. The zero-order chi connectivity index (χ0) is 12.2. The fourth-order valence-corrected chi connectivity index (χ4v) is 0.990. The van der Waals surface area contributed by atoms with Crippen LogP contribution in [0.5, 0.6) is 0 Å². The zero-order valence-electron chi connectivity index (χ0n) is 8.74. The molecule has 0 aromatic rings. The maximum absolute atomic E-state index is 11.3. The van der Waals surface area contributed by atoms with Crippen molar-refractivity contribution in [2.45, 2.75) is 38.3 Å². The fourth-order valence-electron chi connectivity index (χ4n) is 0.990. The predicted octanol–water partition coefficient (Wildman–Crippen LogP) is -2.35. The average Bonchev–Trinajstić information content (AvgIpc) is 2.23. The molecule has 4 atom stereocenters. The van der Waals surface area contributed by atoms with Crippen molar-refractivity contribution in [2.75, 3.05) is 6.61 Å². The van der Waals surface area contributed by atoms with Crippen molar-refractivity contribution in [3.63, 3.8) is 0 Å². The van der Waals surface area contributed by atoms with E-state index in [2.05, 4.69) is 0 Å². The lowest BCUT2D eigenvalue weighted by molar-refractivity contribution is -0.150. The first-order chi connectivity index (χ1) is 6.82. The van der Waals surface area contributed by atoms with Gasteiger partial charge in [-0.05, 0) is 5.92 Å². The molecule has 5 N–H and O–H groups in total. The van der Waals surface area contributed by atoms with Gasteiger partial charge >= 0.3 is 0 Å². The third kappa shape index (κ3) is 3.84. The van der Waals surface area contributed by atoms with E-state index in [9.17, 15) is 20.1 Å². The summed E-state index contributed by atoms with van der Waals surface area (Å²) in [6.45, 7) is 2.37. The van der Waals surface area contributed by atoms with Crippen LogP contribution in [0.3, 0.4) is 0 Å². The maximum Gasteiger partial charge on any atom is 0.192 e. The Morgan fingerprint density at radius 1 is 1.07 bits per heavy atom. The number of ketones is 1. The van der Waals surface area contributed by atoms with Crippen molar-refractivity contribution in [3.8, 4) is 0 Å². The van der Waals surface area contributed by atoms with Crippen LogP contribution in [-0.2, 0) is 4.79 Å². The topological polar surface area (TPSA) is 118 Å². The molecule has 0 rings (SSSR count). The molecular weight excluding hydrogens is 204 g/mol. The normalized spacial score (nSPS) is 19.7. The van der Waals surface area contributed by atoms with Gasteiger partial charge in [0.2, 0.25) is 0 Å². The number of aliphatic hydroxyl groups is 5. The smallest absolute Gasteiger partial charge is 0.192 e. The molecule has 6 nitrogen and oxygen atoms in total. The van der Waals surface area contributed by atoms with Crippen LogP contribution in [0.25, 0.3) is 0 Å². The lowest BCUT2D eigenvalue weighted by atomic mass is 9.95. The highest BCUT2D eigenvalue weighted by molar-refractivity contribution is 5.87. The summed E-state index contributed by atoms with van der Waals surface area (Å²) in [4.78, 5) is 11.3. The van der Waals surface area contributed by atoms with E-state index in [0.717, 1.165) is 0 Å². The van der Waals surface area contributed by atoms with Crippen LogP contribution in [0.15, 0.2) is 0 Å². The Morgan fingerprint density at radius 3 is 1.87 bits per heavy atom. The van der Waals surface area contributed by atoms with E-state index >= 15 is 0 Å². The monoisotopic (exact) mass is 222 g/mol. The lowest BCUT2D eigenvalue weighted by Crippen LogP contribution is -2.48. The minimum Gasteiger partial charge on any atom is -0.394 e. The molecule has 6 heteroatoms. The van der Waals surface area contributed by atoms with Crippen LogP contribution in [0.2, 0.25) is 0 Å². The molecule has 15 heavy (non-hydrogen) atoms. The number of carbonyl (C=O) groups excluding carboxylic acids is 1. The quantitative estimate of drug-likeness (QED) is 0.343. The van der Waals surface area contributed by atoms with Crippen molar-refractivity contribution < 1.29 is 30.3 Å². The van der Waals surface area contributed by atoms with Gasteiger partial charge in [0.25, 0.3) is 0 Å². The van der Waals surface area contributed by atoms with Crippen LogP contribution >= 0.6 is 0 Å². The summed E-state index contributed by atoms with van der Waals surface area (Å²) in [6, 6.07) is 0. The largest absolute Gasteiger partial charge is 0.394 e. The SMILES string of the molecule is CC(C)C(O)C(=O)[C@@H](O)[C@@H](O)[C@H](O)CO. The fraction of sp³-hybridized carbons (Fsp3) is 0.889. The molecule has 0 saturated carbocycles. The second kappa shape index (κ2) is 6.14. The molecule has 1 unspecified atom stereocenters. The molecule has 0 aromatic heterocycles. The van der Waals surface area contributed by atoms with Gasteiger partial charge in [0.1, 0.15) is 24.4 Å². The molecule has 0 aliphatic carbocycles. The molecule has 0 amide bonds. The van der Waals surface area contributed by atoms with Gasteiger partial charge in [-0.25, -0.2) is 0 Å². The molecule has 0 saturated heterocycles. The third-order valence-corrected chi connectivity index (χ3v) is 2.12. The van der Waals surface area contributed by atoms with E-state index in [1.54, 1.807) is 13.8 Å². The van der Waals surface area contributed by atoms with Gasteiger partial charge in [-0.2, -0.15) is 0 Å². The molecule has 0 radical (unpaired) electrons. The van der Waals surface area contributed by atoms with Crippen molar-refractivity contribution >= 4 is 5.78 Å². The van der Waals surface area contributed by atoms with Gasteiger partial charge in [0, 0.05) is 0 Å². The number of hydrogen-bond donors (Lipinski definition) is 5. The average molecular weight is 222 g/mol. The van der Waals surface area contributed by atoms with Gasteiger partial charge in [-0.1, -0.05) is 13.8 Å². The van der Waals surface area contributed by atoms with E-state index in [1.165, 1.54) is 0 Å². The first-order valence-electron chi connectivity index (χ1n) is 4.69. The maximum atomic E-state index is 11.3. The highest BCUT2D eigenvalue weighted by Gasteiger charge is 2.34. The first kappa shape index (κ1) is 14.5. The van der Waals surface area contributed by atoms with E-state index in [1.807, 2.05) is 0 Å². The summed E-state index contributed by atoms with van der Waals surface area (Å²) < 4.78 is 0. The lowest BCUT2D eigenvalue weighted by Gasteiger charge is -2.23. The number of rotatable bonds is 6. The van der Waals surface area contributed by atoms with Crippen molar-refractivity contribution in [3.05, 3.63) is 0 Å². The molecule has 0 aromatic carbocycles. The minimum absolute atomic E-state index is 0.398. The van der Waals surface area contributed by atoms with E-state index in [0.29, 0.717) is 0 Å². The van der Waals surface area contributed by atoms with E-state index in [4.69, 9.17) is 10.2 Å². The van der Waals surface area contributed by atoms with E-state index < -0.39 is 42.7 Å². The molecule has 0 aliphatic rings. The summed E-state index contributed by atoms with van der Waals surface area (Å²) in [5.74, 6) is -1.37. The van der Waals surface area contributed by atoms with Crippen LogP contribution in [-0.4, -0.2) is 62.3 Å². The highest BCUT2D eigenvalue weighted by atomic mass is 16.4. The summed E-state index contributed by atoms with van der Waals surface area (Å²) in [6.07, 6.45) is -6.70. The van der Waals surface area contributed by atoms with Crippen molar-refractivity contribution in [1.82, 2.24) is 0 Å². The van der Waals surface area contributed by atoms with Crippen LogP contribution in [0.4, 0.5) is 0 Å². The van der Waals surface area contributed by atoms with Gasteiger partial charge in [0.05, 0.1) is 6.61 Å². The standard InChI is InChI=1S/C9H18O6/c1-4(2)6(12)8(14)9(15)7(13)5(11)3-10/h4-7,9-13,15H,3H2,1-2H3/t5-,6?,7+,9+/m1/s1. The van der Waals surface area contributed by atoms with Gasteiger partial charge in [-0.3, -0.25) is 4.79 Å². The summed E-state index contributed by atoms with van der Waals surface area (Å²) in [5.41, 5.74) is 0. The number of hydrogen-bond acceptors (Lipinski definition) is 6. The number of aliphatic hydroxyl groups excluding tert-OH is 5. The van der Waals surface area contributed by atoms with E-state index in [-0.39, 0.29) is 0 Å². The Bertz CT molecular complexity index is 205.